The Morgan fingerprint density at radius 1 is 0.380 bits per heavy atom. The van der Waals surface area contributed by atoms with Gasteiger partial charge in [0.15, 0.2) is 6.10 Å². The first-order valence-electron chi connectivity index (χ1n) is 22.0. The minimum atomic E-state index is -0.769. The zero-order valence-electron chi connectivity index (χ0n) is 33.9. The zero-order chi connectivity index (χ0) is 36.8. The maximum absolute atomic E-state index is 13.2. The standard InChI is InChI=1S/C44H84O6/c1-5-9-12-15-17-19-21-23-25-27-29-32-36-42(45)48-38-41(50-44(47)40(34-8-4)35-31-14-11-7-3)39-49-43(46)37-33-30-28-26-24-22-20-18-16-13-10-6-2/h40-41H,5-39H2,1-4H3/t40-/m1/s1. The van der Waals surface area contributed by atoms with Gasteiger partial charge in [0.2, 0.25) is 0 Å². The van der Waals surface area contributed by atoms with Gasteiger partial charge in [0.05, 0.1) is 5.92 Å². The third kappa shape index (κ3) is 33.5. The summed E-state index contributed by atoms with van der Waals surface area (Å²) in [6, 6.07) is 0. The third-order valence-corrected chi connectivity index (χ3v) is 9.99. The molecule has 50 heavy (non-hydrogen) atoms. The lowest BCUT2D eigenvalue weighted by Gasteiger charge is -2.22. The SMILES string of the molecule is CCCCCCCCCCCCCCC(=O)OCC(COC(=O)CCCCCCCCCCCCCC)OC(=O)[C@H](CCC)CCCCCC. The summed E-state index contributed by atoms with van der Waals surface area (Å²) in [5.41, 5.74) is 0. The van der Waals surface area contributed by atoms with E-state index in [9.17, 15) is 14.4 Å². The van der Waals surface area contributed by atoms with Gasteiger partial charge in [-0.2, -0.15) is 0 Å². The van der Waals surface area contributed by atoms with Crippen LogP contribution in [-0.2, 0) is 28.6 Å². The summed E-state index contributed by atoms with van der Waals surface area (Å²) in [6.07, 6.45) is 36.7. The van der Waals surface area contributed by atoms with E-state index in [0.29, 0.717) is 12.8 Å². The monoisotopic (exact) mass is 709 g/mol. The Bertz CT molecular complexity index is 709. The molecule has 6 nitrogen and oxygen atoms in total. The molecule has 0 amide bonds. The summed E-state index contributed by atoms with van der Waals surface area (Å²) < 4.78 is 17.0. The van der Waals surface area contributed by atoms with Crippen molar-refractivity contribution in [2.75, 3.05) is 13.2 Å². The van der Waals surface area contributed by atoms with Crippen molar-refractivity contribution in [2.45, 2.75) is 246 Å². The first kappa shape index (κ1) is 48.4. The summed E-state index contributed by atoms with van der Waals surface area (Å²) in [4.78, 5) is 38.3. The number of hydrogen-bond acceptors (Lipinski definition) is 6. The largest absolute Gasteiger partial charge is 0.462 e. The van der Waals surface area contributed by atoms with E-state index >= 15 is 0 Å². The molecule has 0 saturated heterocycles. The van der Waals surface area contributed by atoms with Gasteiger partial charge in [-0.05, 0) is 25.7 Å². The summed E-state index contributed by atoms with van der Waals surface area (Å²) in [5.74, 6) is -0.980. The Kier molecular flexibility index (Phi) is 37.4. The molecule has 1 atom stereocenters. The topological polar surface area (TPSA) is 78.9 Å². The summed E-state index contributed by atoms with van der Waals surface area (Å²) >= 11 is 0. The van der Waals surface area contributed by atoms with E-state index in [-0.39, 0.29) is 37.0 Å². The Hall–Kier alpha value is -1.59. The highest BCUT2D eigenvalue weighted by Crippen LogP contribution is 2.20. The molecule has 0 N–H and O–H groups in total. The molecule has 0 saturated carbocycles. The molecule has 0 aliphatic heterocycles. The Balaban J connectivity index is 4.50. The number of carbonyl (C=O) groups excluding carboxylic acids is 3. The molecule has 0 heterocycles. The van der Waals surface area contributed by atoms with Crippen molar-refractivity contribution in [1.29, 1.82) is 0 Å². The molecule has 0 fully saturated rings. The quantitative estimate of drug-likeness (QED) is 0.0359. The van der Waals surface area contributed by atoms with Crippen LogP contribution in [-0.4, -0.2) is 37.2 Å². The second-order valence-electron chi connectivity index (χ2n) is 15.0. The molecule has 6 heteroatoms. The average Bonchev–Trinajstić information content (AvgIpc) is 3.11. The second kappa shape index (κ2) is 38.6. The lowest BCUT2D eigenvalue weighted by atomic mass is 9.96. The molecule has 0 bridgehead atoms. The fourth-order valence-corrected chi connectivity index (χ4v) is 6.66. The molecule has 0 aromatic rings. The van der Waals surface area contributed by atoms with Gasteiger partial charge in [-0.15, -0.1) is 0 Å². The van der Waals surface area contributed by atoms with E-state index in [1.165, 1.54) is 122 Å². The fourth-order valence-electron chi connectivity index (χ4n) is 6.66. The number of hydrogen-bond donors (Lipinski definition) is 0. The van der Waals surface area contributed by atoms with Gasteiger partial charge in [0.25, 0.3) is 0 Å². The molecule has 0 rings (SSSR count). The van der Waals surface area contributed by atoms with Crippen molar-refractivity contribution in [2.24, 2.45) is 5.92 Å². The molecule has 296 valence electrons. The van der Waals surface area contributed by atoms with Crippen LogP contribution < -0.4 is 0 Å². The number of carbonyl (C=O) groups is 3. The van der Waals surface area contributed by atoms with Crippen molar-refractivity contribution in [3.05, 3.63) is 0 Å². The number of esters is 3. The van der Waals surface area contributed by atoms with Gasteiger partial charge in [-0.25, -0.2) is 0 Å². The van der Waals surface area contributed by atoms with Crippen molar-refractivity contribution >= 4 is 17.9 Å². The molecule has 0 aromatic heterocycles. The van der Waals surface area contributed by atoms with E-state index in [0.717, 1.165) is 77.0 Å². The van der Waals surface area contributed by atoms with Crippen LogP contribution in [0.25, 0.3) is 0 Å². The normalized spacial score (nSPS) is 11.9. The first-order chi connectivity index (χ1) is 24.5. The molecular weight excluding hydrogens is 624 g/mol. The number of ether oxygens (including phenoxy) is 3. The van der Waals surface area contributed by atoms with Crippen molar-refractivity contribution in [3.8, 4) is 0 Å². The van der Waals surface area contributed by atoms with Gasteiger partial charge in [0, 0.05) is 12.8 Å². The van der Waals surface area contributed by atoms with Crippen LogP contribution in [0.3, 0.4) is 0 Å². The van der Waals surface area contributed by atoms with Crippen molar-refractivity contribution in [3.63, 3.8) is 0 Å². The average molecular weight is 709 g/mol. The lowest BCUT2D eigenvalue weighted by molar-refractivity contribution is -0.170. The second-order valence-corrected chi connectivity index (χ2v) is 15.0. The highest BCUT2D eigenvalue weighted by atomic mass is 16.6. The van der Waals surface area contributed by atoms with Crippen LogP contribution in [0.2, 0.25) is 0 Å². The zero-order valence-corrected chi connectivity index (χ0v) is 33.9. The van der Waals surface area contributed by atoms with E-state index in [1.807, 2.05) is 0 Å². The van der Waals surface area contributed by atoms with Gasteiger partial charge >= 0.3 is 17.9 Å². The molecule has 0 aliphatic carbocycles. The molecule has 0 radical (unpaired) electrons. The molecule has 0 spiro atoms. The van der Waals surface area contributed by atoms with Crippen LogP contribution in [0, 0.1) is 5.92 Å². The highest BCUT2D eigenvalue weighted by molar-refractivity contribution is 5.73. The Labute approximate surface area is 310 Å². The van der Waals surface area contributed by atoms with Crippen molar-refractivity contribution < 1.29 is 28.6 Å². The molecule has 0 aromatic carbocycles. The number of rotatable bonds is 39. The third-order valence-electron chi connectivity index (χ3n) is 9.99. The Morgan fingerprint density at radius 3 is 1.04 bits per heavy atom. The summed E-state index contributed by atoms with van der Waals surface area (Å²) in [5, 5.41) is 0. The van der Waals surface area contributed by atoms with Crippen molar-refractivity contribution in [1.82, 2.24) is 0 Å². The lowest BCUT2D eigenvalue weighted by Crippen LogP contribution is -2.33. The minimum absolute atomic E-state index is 0.0661. The minimum Gasteiger partial charge on any atom is -0.462 e. The molecule has 0 unspecified atom stereocenters. The maximum atomic E-state index is 13.2. The van der Waals surface area contributed by atoms with Gasteiger partial charge in [-0.3, -0.25) is 14.4 Å². The first-order valence-corrected chi connectivity index (χ1v) is 22.0. The predicted octanol–water partition coefficient (Wildman–Crippen LogP) is 13.6. The van der Waals surface area contributed by atoms with Gasteiger partial charge < -0.3 is 14.2 Å². The number of unbranched alkanes of at least 4 members (excludes halogenated alkanes) is 25. The van der Waals surface area contributed by atoms with E-state index in [1.54, 1.807) is 0 Å². The van der Waals surface area contributed by atoms with Crippen LogP contribution in [0.15, 0.2) is 0 Å². The predicted molar refractivity (Wildman–Crippen MR) is 210 cm³/mol. The summed E-state index contributed by atoms with van der Waals surface area (Å²) in [6.45, 7) is 8.65. The van der Waals surface area contributed by atoms with Crippen LogP contribution >= 0.6 is 0 Å². The van der Waals surface area contributed by atoms with E-state index in [4.69, 9.17) is 14.2 Å². The van der Waals surface area contributed by atoms with Gasteiger partial charge in [0.1, 0.15) is 13.2 Å². The molecular formula is C44H84O6. The maximum Gasteiger partial charge on any atom is 0.309 e. The van der Waals surface area contributed by atoms with Crippen LogP contribution in [0.5, 0.6) is 0 Å². The van der Waals surface area contributed by atoms with E-state index < -0.39 is 6.10 Å². The van der Waals surface area contributed by atoms with E-state index in [2.05, 4.69) is 27.7 Å². The summed E-state index contributed by atoms with van der Waals surface area (Å²) in [7, 11) is 0. The fraction of sp³-hybridized carbons (Fsp3) is 0.932. The van der Waals surface area contributed by atoms with Gasteiger partial charge in [-0.1, -0.05) is 201 Å². The van der Waals surface area contributed by atoms with Crippen LogP contribution in [0.4, 0.5) is 0 Å². The molecule has 0 aliphatic rings. The van der Waals surface area contributed by atoms with Crippen LogP contribution in [0.1, 0.15) is 240 Å². The Morgan fingerprint density at radius 2 is 0.700 bits per heavy atom. The smallest absolute Gasteiger partial charge is 0.309 e. The highest BCUT2D eigenvalue weighted by Gasteiger charge is 2.25.